The maximum Gasteiger partial charge on any atom is 0.314 e. The Hall–Kier alpha value is -0.770. The average Bonchev–Trinajstić information content (AvgIpc) is 2.04. The van der Waals surface area contributed by atoms with Gasteiger partial charge >= 0.3 is 6.03 Å². The quantitative estimate of drug-likeness (QED) is 0.537. The number of urea groups is 1. The van der Waals surface area contributed by atoms with Crippen molar-refractivity contribution in [3.05, 3.63) is 0 Å². The monoisotopic (exact) mass is 159 g/mol. The van der Waals surface area contributed by atoms with Crippen LogP contribution in [0.1, 0.15) is 13.3 Å². The Morgan fingerprint density at radius 1 is 1.45 bits per heavy atom. The van der Waals surface area contributed by atoms with Crippen LogP contribution in [0.25, 0.3) is 0 Å². The molecule has 0 aliphatic carbocycles. The van der Waals surface area contributed by atoms with E-state index in [-0.39, 0.29) is 6.03 Å². The normalized spacial score (nSPS) is 12.3. The Bertz CT molecular complexity index is 116. The van der Waals surface area contributed by atoms with Crippen LogP contribution >= 0.6 is 0 Å². The van der Waals surface area contributed by atoms with Crippen molar-refractivity contribution in [2.45, 2.75) is 19.4 Å². The molecule has 11 heavy (non-hydrogen) atoms. The zero-order chi connectivity index (χ0) is 8.69. The first-order valence-electron chi connectivity index (χ1n) is 3.83. The number of carbonyl (C=O) groups excluding carboxylic acids is 1. The SMILES string of the molecule is CNC(=O)NCCC(C)NC. The van der Waals surface area contributed by atoms with Gasteiger partial charge in [-0.05, 0) is 20.4 Å². The Balaban J connectivity index is 3.20. The van der Waals surface area contributed by atoms with Crippen LogP contribution in [-0.4, -0.2) is 32.7 Å². The second-order valence-corrected chi connectivity index (χ2v) is 2.48. The second-order valence-electron chi connectivity index (χ2n) is 2.48. The van der Waals surface area contributed by atoms with Gasteiger partial charge in [-0.1, -0.05) is 0 Å². The summed E-state index contributed by atoms with van der Waals surface area (Å²) >= 11 is 0. The summed E-state index contributed by atoms with van der Waals surface area (Å²) in [6, 6.07) is 0.334. The van der Waals surface area contributed by atoms with Gasteiger partial charge in [0.05, 0.1) is 0 Å². The minimum Gasteiger partial charge on any atom is -0.341 e. The van der Waals surface area contributed by atoms with Crippen LogP contribution < -0.4 is 16.0 Å². The Kier molecular flexibility index (Phi) is 5.56. The van der Waals surface area contributed by atoms with Crippen LogP contribution in [0.15, 0.2) is 0 Å². The molecule has 0 aromatic carbocycles. The van der Waals surface area contributed by atoms with Gasteiger partial charge in [-0.3, -0.25) is 0 Å². The Morgan fingerprint density at radius 2 is 2.09 bits per heavy atom. The molecule has 0 aromatic rings. The molecule has 0 spiro atoms. The van der Waals surface area contributed by atoms with Gasteiger partial charge in [0, 0.05) is 19.6 Å². The number of hydrogen-bond donors (Lipinski definition) is 3. The van der Waals surface area contributed by atoms with Gasteiger partial charge in [0.1, 0.15) is 0 Å². The third-order valence-electron chi connectivity index (χ3n) is 1.58. The lowest BCUT2D eigenvalue weighted by Gasteiger charge is -2.09. The maximum absolute atomic E-state index is 10.6. The van der Waals surface area contributed by atoms with E-state index in [0.717, 1.165) is 6.42 Å². The van der Waals surface area contributed by atoms with Crippen molar-refractivity contribution in [1.82, 2.24) is 16.0 Å². The van der Waals surface area contributed by atoms with Crippen molar-refractivity contribution in [2.75, 3.05) is 20.6 Å². The molecule has 0 radical (unpaired) electrons. The first-order chi connectivity index (χ1) is 5.20. The summed E-state index contributed by atoms with van der Waals surface area (Å²) in [7, 11) is 3.52. The summed E-state index contributed by atoms with van der Waals surface area (Å²) in [6.45, 7) is 2.78. The number of amides is 2. The predicted octanol–water partition coefficient (Wildman–Crippen LogP) is -0.0866. The highest BCUT2D eigenvalue weighted by Crippen LogP contribution is 1.85. The summed E-state index contributed by atoms with van der Waals surface area (Å²) in [6.07, 6.45) is 0.948. The van der Waals surface area contributed by atoms with Crippen LogP contribution in [0.2, 0.25) is 0 Å². The largest absolute Gasteiger partial charge is 0.341 e. The highest BCUT2D eigenvalue weighted by Gasteiger charge is 1.98. The zero-order valence-corrected chi connectivity index (χ0v) is 7.40. The molecular formula is C7H17N3O. The smallest absolute Gasteiger partial charge is 0.314 e. The molecule has 2 amide bonds. The molecule has 0 rings (SSSR count). The van der Waals surface area contributed by atoms with E-state index < -0.39 is 0 Å². The lowest BCUT2D eigenvalue weighted by Crippen LogP contribution is -2.35. The van der Waals surface area contributed by atoms with Crippen LogP contribution in [-0.2, 0) is 0 Å². The van der Waals surface area contributed by atoms with Crippen molar-refractivity contribution in [2.24, 2.45) is 0 Å². The second kappa shape index (κ2) is 5.97. The van der Waals surface area contributed by atoms with Crippen LogP contribution in [0.3, 0.4) is 0 Å². The third kappa shape index (κ3) is 5.66. The fraction of sp³-hybridized carbons (Fsp3) is 0.857. The topological polar surface area (TPSA) is 53.2 Å². The molecule has 1 unspecified atom stereocenters. The molecule has 0 heterocycles. The molecule has 0 aliphatic rings. The fourth-order valence-electron chi connectivity index (χ4n) is 0.635. The zero-order valence-electron chi connectivity index (χ0n) is 7.40. The molecule has 1 atom stereocenters. The van der Waals surface area contributed by atoms with Gasteiger partial charge in [-0.2, -0.15) is 0 Å². The maximum atomic E-state index is 10.6. The molecule has 0 aromatic heterocycles. The molecule has 0 fully saturated rings. The average molecular weight is 159 g/mol. The van der Waals surface area contributed by atoms with Crippen molar-refractivity contribution in [3.8, 4) is 0 Å². The van der Waals surface area contributed by atoms with Gasteiger partial charge in [-0.15, -0.1) is 0 Å². The van der Waals surface area contributed by atoms with E-state index >= 15 is 0 Å². The molecule has 0 saturated carbocycles. The van der Waals surface area contributed by atoms with E-state index in [1.807, 2.05) is 7.05 Å². The van der Waals surface area contributed by atoms with E-state index in [4.69, 9.17) is 0 Å². The lowest BCUT2D eigenvalue weighted by molar-refractivity contribution is 0.242. The van der Waals surface area contributed by atoms with Crippen molar-refractivity contribution in [3.63, 3.8) is 0 Å². The van der Waals surface area contributed by atoms with E-state index in [1.165, 1.54) is 0 Å². The highest BCUT2D eigenvalue weighted by molar-refractivity contribution is 5.73. The predicted molar refractivity (Wildman–Crippen MR) is 45.6 cm³/mol. The Morgan fingerprint density at radius 3 is 2.55 bits per heavy atom. The Labute approximate surface area is 67.7 Å². The van der Waals surface area contributed by atoms with Gasteiger partial charge in [-0.25, -0.2) is 4.79 Å². The van der Waals surface area contributed by atoms with Gasteiger partial charge in [0.25, 0.3) is 0 Å². The summed E-state index contributed by atoms with van der Waals surface area (Å²) in [4.78, 5) is 10.6. The van der Waals surface area contributed by atoms with Gasteiger partial charge in [0.15, 0.2) is 0 Å². The molecule has 0 bridgehead atoms. The first-order valence-corrected chi connectivity index (χ1v) is 3.83. The van der Waals surface area contributed by atoms with Crippen molar-refractivity contribution >= 4 is 6.03 Å². The summed E-state index contributed by atoms with van der Waals surface area (Å²) < 4.78 is 0. The minimum absolute atomic E-state index is 0.117. The molecule has 0 saturated heterocycles. The molecular weight excluding hydrogens is 142 g/mol. The summed E-state index contributed by atoms with van der Waals surface area (Å²) in [5.41, 5.74) is 0. The highest BCUT2D eigenvalue weighted by atomic mass is 16.2. The van der Waals surface area contributed by atoms with Gasteiger partial charge < -0.3 is 16.0 Å². The molecule has 4 nitrogen and oxygen atoms in total. The first kappa shape index (κ1) is 10.2. The van der Waals surface area contributed by atoms with E-state index in [0.29, 0.717) is 12.6 Å². The number of carbonyl (C=O) groups is 1. The number of nitrogens with one attached hydrogen (secondary N) is 3. The molecule has 0 aliphatic heterocycles. The molecule has 3 N–H and O–H groups in total. The summed E-state index contributed by atoms with van der Waals surface area (Å²) in [5.74, 6) is 0. The van der Waals surface area contributed by atoms with E-state index in [1.54, 1.807) is 7.05 Å². The minimum atomic E-state index is -0.117. The number of hydrogen-bond acceptors (Lipinski definition) is 2. The lowest BCUT2D eigenvalue weighted by atomic mass is 10.2. The third-order valence-corrected chi connectivity index (χ3v) is 1.58. The molecule has 66 valence electrons. The summed E-state index contributed by atoms with van der Waals surface area (Å²) in [5, 5.41) is 8.28. The fourth-order valence-corrected chi connectivity index (χ4v) is 0.635. The number of rotatable bonds is 4. The van der Waals surface area contributed by atoms with Crippen molar-refractivity contribution in [1.29, 1.82) is 0 Å². The van der Waals surface area contributed by atoms with Crippen LogP contribution in [0.5, 0.6) is 0 Å². The van der Waals surface area contributed by atoms with Gasteiger partial charge in [0.2, 0.25) is 0 Å². The van der Waals surface area contributed by atoms with Crippen LogP contribution in [0, 0.1) is 0 Å². The molecule has 4 heteroatoms. The van der Waals surface area contributed by atoms with Crippen molar-refractivity contribution < 1.29 is 4.79 Å². The standard InChI is InChI=1S/C7H17N3O/c1-6(8-2)4-5-10-7(11)9-3/h6,8H,4-5H2,1-3H3,(H2,9,10,11). The van der Waals surface area contributed by atoms with Crippen LogP contribution in [0.4, 0.5) is 4.79 Å². The van der Waals surface area contributed by atoms with E-state index in [9.17, 15) is 4.79 Å². The van der Waals surface area contributed by atoms with E-state index in [2.05, 4.69) is 22.9 Å².